The zero-order chi connectivity index (χ0) is 20.1. The highest BCUT2D eigenvalue weighted by Gasteiger charge is 2.21. The number of aryl methyl sites for hydroxylation is 3. The molecule has 3 aromatic rings. The lowest BCUT2D eigenvalue weighted by Gasteiger charge is -2.20. The highest BCUT2D eigenvalue weighted by atomic mass is 32.2. The largest absolute Gasteiger partial charge is 0.497 e. The summed E-state index contributed by atoms with van der Waals surface area (Å²) in [6.45, 7) is 4.12. The molecule has 146 valence electrons. The van der Waals surface area contributed by atoms with E-state index in [4.69, 9.17) is 4.74 Å². The summed E-state index contributed by atoms with van der Waals surface area (Å²) in [7, 11) is 3.56. The van der Waals surface area contributed by atoms with Crippen molar-refractivity contribution in [1.82, 2.24) is 14.9 Å². The number of thioether (sulfide) groups is 1. The maximum Gasteiger partial charge on any atom is 0.231 e. The van der Waals surface area contributed by atoms with Crippen molar-refractivity contribution >= 4 is 17.7 Å². The summed E-state index contributed by atoms with van der Waals surface area (Å²) >= 11 is 1.55. The molecule has 6 heteroatoms. The van der Waals surface area contributed by atoms with Crippen molar-refractivity contribution in [2.24, 2.45) is 7.05 Å². The number of rotatable bonds is 7. The second-order valence-corrected chi connectivity index (χ2v) is 7.75. The summed E-state index contributed by atoms with van der Waals surface area (Å²) in [5.41, 5.74) is 3.30. The van der Waals surface area contributed by atoms with Gasteiger partial charge in [0.1, 0.15) is 17.6 Å². The van der Waals surface area contributed by atoms with Crippen LogP contribution in [0.1, 0.15) is 28.6 Å². The fourth-order valence-corrected chi connectivity index (χ4v) is 3.92. The lowest BCUT2D eigenvalue weighted by Crippen LogP contribution is -2.32. The molecule has 0 saturated carbocycles. The number of ether oxygens (including phenoxy) is 1. The predicted molar refractivity (Wildman–Crippen MR) is 113 cm³/mol. The minimum absolute atomic E-state index is 0.0401. The molecule has 0 bridgehead atoms. The number of methoxy groups -OCH3 is 1. The molecule has 1 N–H and O–H groups in total. The van der Waals surface area contributed by atoms with Crippen LogP contribution in [0.4, 0.5) is 0 Å². The van der Waals surface area contributed by atoms with Crippen LogP contribution in [0.2, 0.25) is 0 Å². The Labute approximate surface area is 170 Å². The maximum atomic E-state index is 12.8. The average molecular weight is 396 g/mol. The van der Waals surface area contributed by atoms with Gasteiger partial charge in [-0.3, -0.25) is 4.79 Å². The van der Waals surface area contributed by atoms with Gasteiger partial charge in [-0.05, 0) is 43.2 Å². The third-order valence-corrected chi connectivity index (χ3v) is 5.71. The number of hydrogen-bond donors (Lipinski definition) is 1. The molecule has 1 amide bonds. The third kappa shape index (κ3) is 4.75. The van der Waals surface area contributed by atoms with E-state index in [2.05, 4.69) is 42.3 Å². The fourth-order valence-electron chi connectivity index (χ4n) is 2.98. The van der Waals surface area contributed by atoms with Gasteiger partial charge in [-0.2, -0.15) is 0 Å². The summed E-state index contributed by atoms with van der Waals surface area (Å²) in [4.78, 5) is 18.3. The van der Waals surface area contributed by atoms with Gasteiger partial charge >= 0.3 is 0 Å². The summed E-state index contributed by atoms with van der Waals surface area (Å²) < 4.78 is 7.26. The number of hydrogen-bond acceptors (Lipinski definition) is 4. The molecular weight excluding hydrogens is 370 g/mol. The van der Waals surface area contributed by atoms with Gasteiger partial charge in [0.25, 0.3) is 0 Å². The Morgan fingerprint density at radius 2 is 2.07 bits per heavy atom. The van der Waals surface area contributed by atoms with Gasteiger partial charge in [0.15, 0.2) is 0 Å². The Morgan fingerprint density at radius 3 is 2.79 bits per heavy atom. The van der Waals surface area contributed by atoms with Crippen LogP contribution in [0.25, 0.3) is 0 Å². The number of imidazole rings is 1. The van der Waals surface area contributed by atoms with Crippen molar-refractivity contribution in [2.75, 3.05) is 12.9 Å². The second-order valence-electron chi connectivity index (χ2n) is 6.73. The Hall–Kier alpha value is -2.73. The number of nitrogens with zero attached hydrogens (tertiary/aromatic N) is 2. The van der Waals surface area contributed by atoms with Gasteiger partial charge in [-0.25, -0.2) is 4.98 Å². The van der Waals surface area contributed by atoms with E-state index < -0.39 is 0 Å². The van der Waals surface area contributed by atoms with Gasteiger partial charge in [0, 0.05) is 24.3 Å². The number of carbonyl (C=O) groups excluding carboxylic acids is 1. The molecule has 0 saturated heterocycles. The van der Waals surface area contributed by atoms with Gasteiger partial charge in [0.2, 0.25) is 5.91 Å². The van der Waals surface area contributed by atoms with Crippen LogP contribution in [-0.4, -0.2) is 28.3 Å². The zero-order valence-corrected chi connectivity index (χ0v) is 17.4. The number of benzene rings is 2. The first-order valence-electron chi connectivity index (χ1n) is 9.08. The molecule has 28 heavy (non-hydrogen) atoms. The van der Waals surface area contributed by atoms with Gasteiger partial charge in [0.05, 0.1) is 12.9 Å². The van der Waals surface area contributed by atoms with E-state index in [1.807, 2.05) is 42.1 Å². The van der Waals surface area contributed by atoms with E-state index in [9.17, 15) is 4.79 Å². The summed E-state index contributed by atoms with van der Waals surface area (Å²) in [6.07, 6.45) is 3.61. The molecule has 0 fully saturated rings. The molecule has 0 aliphatic heterocycles. The predicted octanol–water partition coefficient (Wildman–Crippen LogP) is 4.04. The Bertz CT molecular complexity index is 968. The molecule has 5 nitrogen and oxygen atoms in total. The highest BCUT2D eigenvalue weighted by Crippen LogP contribution is 2.26. The molecule has 0 aliphatic carbocycles. The number of nitrogens with one attached hydrogen (secondary N) is 1. The summed E-state index contributed by atoms with van der Waals surface area (Å²) in [6, 6.07) is 13.6. The lowest BCUT2D eigenvalue weighted by atomic mass is 10.1. The molecule has 1 aromatic heterocycles. The SMILES string of the molecule is COc1cccc(C(NC(=O)CSc2cc(C)ccc2C)c2nccn2C)c1. The van der Waals surface area contributed by atoms with Crippen molar-refractivity contribution in [2.45, 2.75) is 24.8 Å². The molecule has 0 radical (unpaired) electrons. The van der Waals surface area contributed by atoms with Crippen LogP contribution < -0.4 is 10.1 Å². The Kier molecular flexibility index (Phi) is 6.41. The first-order chi connectivity index (χ1) is 13.5. The average Bonchev–Trinajstić information content (AvgIpc) is 3.12. The van der Waals surface area contributed by atoms with Gasteiger partial charge in [-0.1, -0.05) is 29.8 Å². The van der Waals surface area contributed by atoms with Crippen LogP contribution in [0, 0.1) is 13.8 Å². The molecule has 2 aromatic carbocycles. The smallest absolute Gasteiger partial charge is 0.231 e. The van der Waals surface area contributed by atoms with Crippen LogP contribution in [0.5, 0.6) is 5.75 Å². The topological polar surface area (TPSA) is 56.1 Å². The monoisotopic (exact) mass is 395 g/mol. The first kappa shape index (κ1) is 20.0. The molecule has 3 rings (SSSR count). The quantitative estimate of drug-likeness (QED) is 0.614. The molecule has 1 atom stereocenters. The molecule has 1 unspecified atom stereocenters. The van der Waals surface area contributed by atoms with Crippen LogP contribution in [0.15, 0.2) is 59.8 Å². The zero-order valence-electron chi connectivity index (χ0n) is 16.6. The van der Waals surface area contributed by atoms with Crippen LogP contribution >= 0.6 is 11.8 Å². The number of carbonyl (C=O) groups is 1. The molecule has 0 spiro atoms. The van der Waals surface area contributed by atoms with E-state index >= 15 is 0 Å². The maximum absolute atomic E-state index is 12.8. The fraction of sp³-hybridized carbons (Fsp3) is 0.273. The van der Waals surface area contributed by atoms with Crippen molar-refractivity contribution in [3.05, 3.63) is 77.4 Å². The van der Waals surface area contributed by atoms with Crippen LogP contribution in [0.3, 0.4) is 0 Å². The Morgan fingerprint density at radius 1 is 1.25 bits per heavy atom. The van der Waals surface area contributed by atoms with Gasteiger partial charge < -0.3 is 14.6 Å². The highest BCUT2D eigenvalue weighted by molar-refractivity contribution is 8.00. The lowest BCUT2D eigenvalue weighted by molar-refractivity contribution is -0.119. The normalized spacial score (nSPS) is 11.9. The number of amides is 1. The van der Waals surface area contributed by atoms with Crippen molar-refractivity contribution in [3.63, 3.8) is 0 Å². The third-order valence-electron chi connectivity index (χ3n) is 4.55. The van der Waals surface area contributed by atoms with E-state index in [-0.39, 0.29) is 11.9 Å². The standard InChI is InChI=1S/C22H25N3O2S/c1-15-8-9-16(2)19(12-15)28-14-20(26)24-21(22-23-10-11-25(22)3)17-6-5-7-18(13-17)27-4/h5-13,21H,14H2,1-4H3,(H,24,26). The van der Waals surface area contributed by atoms with Gasteiger partial charge in [-0.15, -0.1) is 11.8 Å². The second kappa shape index (κ2) is 8.97. The van der Waals surface area contributed by atoms with E-state index in [1.165, 1.54) is 11.1 Å². The minimum atomic E-state index is -0.346. The molecular formula is C22H25N3O2S. The van der Waals surface area contributed by atoms with E-state index in [0.717, 1.165) is 22.0 Å². The van der Waals surface area contributed by atoms with Crippen molar-refractivity contribution in [1.29, 1.82) is 0 Å². The van der Waals surface area contributed by atoms with E-state index in [0.29, 0.717) is 5.75 Å². The van der Waals surface area contributed by atoms with Crippen LogP contribution in [-0.2, 0) is 11.8 Å². The minimum Gasteiger partial charge on any atom is -0.497 e. The Balaban J connectivity index is 1.78. The van der Waals surface area contributed by atoms with Crippen molar-refractivity contribution in [3.8, 4) is 5.75 Å². The number of aromatic nitrogens is 2. The van der Waals surface area contributed by atoms with Crippen molar-refractivity contribution < 1.29 is 9.53 Å². The van der Waals surface area contributed by atoms with E-state index in [1.54, 1.807) is 25.1 Å². The summed E-state index contributed by atoms with van der Waals surface area (Å²) in [5, 5.41) is 3.13. The molecule has 1 heterocycles. The first-order valence-corrected chi connectivity index (χ1v) is 10.1. The summed E-state index contributed by atoms with van der Waals surface area (Å²) in [5.74, 6) is 1.82. The molecule has 0 aliphatic rings.